The van der Waals surface area contributed by atoms with Gasteiger partial charge in [0.05, 0.1) is 17.0 Å². The summed E-state index contributed by atoms with van der Waals surface area (Å²) in [5, 5.41) is 11.2. The van der Waals surface area contributed by atoms with Crippen LogP contribution < -0.4 is 10.6 Å². The Morgan fingerprint density at radius 1 is 0.852 bits per heavy atom. The van der Waals surface area contributed by atoms with E-state index in [1.165, 1.54) is 0 Å². The number of amides is 1. The number of nitrogens with one attached hydrogen (secondary N) is 2. The summed E-state index contributed by atoms with van der Waals surface area (Å²) in [6.07, 6.45) is 0.270. The Morgan fingerprint density at radius 2 is 1.59 bits per heavy atom. The molecule has 4 rings (SSSR count). The van der Waals surface area contributed by atoms with Crippen LogP contribution in [0.2, 0.25) is 0 Å². The van der Waals surface area contributed by atoms with Crippen LogP contribution in [0.25, 0.3) is 9.88 Å². The van der Waals surface area contributed by atoms with E-state index in [1.807, 2.05) is 77.5 Å². The van der Waals surface area contributed by atoms with Crippen molar-refractivity contribution in [2.24, 2.45) is 0 Å². The number of thiazole rings is 1. The fourth-order valence-electron chi connectivity index (χ4n) is 2.60. The highest BCUT2D eigenvalue weighted by atomic mass is 32.1. The molecule has 0 saturated carbocycles. The van der Waals surface area contributed by atoms with Gasteiger partial charge in [-0.25, -0.2) is 4.98 Å². The van der Waals surface area contributed by atoms with E-state index < -0.39 is 0 Å². The van der Waals surface area contributed by atoms with Gasteiger partial charge in [-0.2, -0.15) is 0 Å². The van der Waals surface area contributed by atoms with E-state index in [-0.39, 0.29) is 12.3 Å². The number of carbonyl (C=O) groups is 1. The number of hydrogen-bond donors (Lipinski definition) is 2. The first-order valence-corrected chi connectivity index (χ1v) is 10.2. The molecule has 0 atom stereocenters. The summed E-state index contributed by atoms with van der Waals surface area (Å²) < 4.78 is 0. The first kappa shape index (κ1) is 17.5. The molecule has 4 aromatic rings. The molecule has 0 saturated heterocycles. The molecular weight excluding hydrogens is 374 g/mol. The van der Waals surface area contributed by atoms with Gasteiger partial charge in [-0.1, -0.05) is 24.3 Å². The second kappa shape index (κ2) is 8.16. The Bertz CT molecular complexity index is 1010. The average molecular weight is 392 g/mol. The molecule has 0 unspecified atom stereocenters. The molecule has 0 bridgehead atoms. The lowest BCUT2D eigenvalue weighted by molar-refractivity contribution is -0.115. The molecule has 0 fully saturated rings. The molecule has 1 amide bonds. The van der Waals surface area contributed by atoms with E-state index in [9.17, 15) is 4.79 Å². The first-order chi connectivity index (χ1) is 13.3. The Hall–Kier alpha value is -2.96. The third-order valence-corrected chi connectivity index (χ3v) is 5.79. The predicted octanol–water partition coefficient (Wildman–Crippen LogP) is 5.80. The number of aromatic nitrogens is 1. The van der Waals surface area contributed by atoms with Crippen LogP contribution in [-0.2, 0) is 11.2 Å². The van der Waals surface area contributed by atoms with Crippen LogP contribution in [-0.4, -0.2) is 10.9 Å². The largest absolute Gasteiger partial charge is 0.356 e. The summed E-state index contributed by atoms with van der Waals surface area (Å²) >= 11 is 3.22. The van der Waals surface area contributed by atoms with Crippen LogP contribution in [0.3, 0.4) is 0 Å². The Morgan fingerprint density at radius 3 is 2.33 bits per heavy atom. The van der Waals surface area contributed by atoms with Gasteiger partial charge in [0.1, 0.15) is 5.01 Å². The van der Waals surface area contributed by atoms with Gasteiger partial charge in [-0.15, -0.1) is 22.7 Å². The second-order valence-corrected chi connectivity index (χ2v) is 7.72. The zero-order valence-corrected chi connectivity index (χ0v) is 16.0. The van der Waals surface area contributed by atoms with E-state index in [0.29, 0.717) is 0 Å². The zero-order valence-electron chi connectivity index (χ0n) is 14.4. The minimum Gasteiger partial charge on any atom is -0.356 e. The summed E-state index contributed by atoms with van der Waals surface area (Å²) in [5.74, 6) is -0.0678. The Kier molecular flexibility index (Phi) is 5.27. The lowest BCUT2D eigenvalue weighted by atomic mass is 10.2. The zero-order chi connectivity index (χ0) is 18.5. The van der Waals surface area contributed by atoms with Crippen molar-refractivity contribution in [3.63, 3.8) is 0 Å². The number of para-hydroxylation sites is 1. The van der Waals surface area contributed by atoms with Gasteiger partial charge < -0.3 is 10.6 Å². The van der Waals surface area contributed by atoms with E-state index in [4.69, 9.17) is 0 Å². The van der Waals surface area contributed by atoms with Crippen LogP contribution in [0, 0.1) is 0 Å². The van der Waals surface area contributed by atoms with E-state index in [1.54, 1.807) is 22.7 Å². The van der Waals surface area contributed by atoms with Crippen molar-refractivity contribution < 1.29 is 4.79 Å². The lowest BCUT2D eigenvalue weighted by Gasteiger charge is -2.08. The number of thiophene rings is 1. The maximum absolute atomic E-state index is 12.3. The van der Waals surface area contributed by atoms with Crippen molar-refractivity contribution in [2.45, 2.75) is 6.42 Å². The van der Waals surface area contributed by atoms with Gasteiger partial charge in [0.25, 0.3) is 0 Å². The van der Waals surface area contributed by atoms with Gasteiger partial charge in [-0.05, 0) is 47.8 Å². The standard InChI is InChI=1S/C21H17N3OS2/c25-20(13-18-14-27-21(24-18)19-7-4-12-26-19)23-17-10-8-16(9-11-17)22-15-5-2-1-3-6-15/h1-12,14,22H,13H2,(H,23,25). The summed E-state index contributed by atoms with van der Waals surface area (Å²) in [6, 6.07) is 21.7. The molecule has 134 valence electrons. The Balaban J connectivity index is 1.34. The SMILES string of the molecule is O=C(Cc1csc(-c2cccs2)n1)Nc1ccc(Nc2ccccc2)cc1. The van der Waals surface area contributed by atoms with Crippen LogP contribution in [0.15, 0.2) is 77.5 Å². The van der Waals surface area contributed by atoms with Crippen molar-refractivity contribution in [3.05, 3.63) is 83.2 Å². The maximum atomic E-state index is 12.3. The number of nitrogens with zero attached hydrogens (tertiary/aromatic N) is 1. The molecule has 2 heterocycles. The van der Waals surface area contributed by atoms with E-state index in [2.05, 4.69) is 15.6 Å². The summed E-state index contributed by atoms with van der Waals surface area (Å²) in [6.45, 7) is 0. The van der Waals surface area contributed by atoms with Crippen molar-refractivity contribution in [1.82, 2.24) is 4.98 Å². The molecule has 0 aliphatic rings. The average Bonchev–Trinajstić information content (AvgIpc) is 3.36. The number of hydrogen-bond acceptors (Lipinski definition) is 5. The second-order valence-electron chi connectivity index (χ2n) is 5.91. The quantitative estimate of drug-likeness (QED) is 0.437. The highest BCUT2D eigenvalue weighted by Crippen LogP contribution is 2.28. The number of rotatable bonds is 6. The van der Waals surface area contributed by atoms with Crippen LogP contribution in [0.4, 0.5) is 17.1 Å². The molecule has 2 aromatic carbocycles. The molecule has 0 spiro atoms. The van der Waals surface area contributed by atoms with Gasteiger partial charge in [0.15, 0.2) is 0 Å². The summed E-state index contributed by atoms with van der Waals surface area (Å²) in [4.78, 5) is 18.0. The van der Waals surface area contributed by atoms with Gasteiger partial charge in [0.2, 0.25) is 5.91 Å². The smallest absolute Gasteiger partial charge is 0.230 e. The predicted molar refractivity (Wildman–Crippen MR) is 114 cm³/mol. The fourth-order valence-corrected chi connectivity index (χ4v) is 4.23. The molecule has 2 N–H and O–H groups in total. The highest BCUT2D eigenvalue weighted by Gasteiger charge is 2.10. The van der Waals surface area contributed by atoms with Crippen LogP contribution in [0.5, 0.6) is 0 Å². The molecule has 0 aliphatic carbocycles. The number of benzene rings is 2. The topological polar surface area (TPSA) is 54.0 Å². The molecule has 27 heavy (non-hydrogen) atoms. The lowest BCUT2D eigenvalue weighted by Crippen LogP contribution is -2.14. The molecule has 6 heteroatoms. The van der Waals surface area contributed by atoms with E-state index >= 15 is 0 Å². The Labute approximate surface area is 165 Å². The third-order valence-electron chi connectivity index (χ3n) is 3.86. The first-order valence-electron chi connectivity index (χ1n) is 8.46. The number of carbonyl (C=O) groups excluding carboxylic acids is 1. The molecule has 0 aliphatic heterocycles. The molecule has 2 aromatic heterocycles. The molecule has 4 nitrogen and oxygen atoms in total. The van der Waals surface area contributed by atoms with Crippen molar-refractivity contribution in [1.29, 1.82) is 0 Å². The summed E-state index contributed by atoms with van der Waals surface area (Å²) in [5.41, 5.74) is 3.56. The van der Waals surface area contributed by atoms with Gasteiger partial charge in [-0.3, -0.25) is 4.79 Å². The highest BCUT2D eigenvalue weighted by molar-refractivity contribution is 7.20. The van der Waals surface area contributed by atoms with Gasteiger partial charge >= 0.3 is 0 Å². The van der Waals surface area contributed by atoms with Crippen molar-refractivity contribution in [3.8, 4) is 9.88 Å². The van der Waals surface area contributed by atoms with Crippen LogP contribution in [0.1, 0.15) is 5.69 Å². The molecule has 0 radical (unpaired) electrons. The van der Waals surface area contributed by atoms with Crippen molar-refractivity contribution in [2.75, 3.05) is 10.6 Å². The molecular formula is C21H17N3OS2. The van der Waals surface area contributed by atoms with Crippen LogP contribution >= 0.6 is 22.7 Å². The van der Waals surface area contributed by atoms with Crippen molar-refractivity contribution >= 4 is 45.6 Å². The normalized spacial score (nSPS) is 10.5. The minimum atomic E-state index is -0.0678. The summed E-state index contributed by atoms with van der Waals surface area (Å²) in [7, 11) is 0. The monoisotopic (exact) mass is 391 g/mol. The minimum absolute atomic E-state index is 0.0678. The number of anilines is 3. The van der Waals surface area contributed by atoms with E-state index in [0.717, 1.165) is 32.6 Å². The maximum Gasteiger partial charge on any atom is 0.230 e. The van der Waals surface area contributed by atoms with Gasteiger partial charge in [0, 0.05) is 22.4 Å². The fraction of sp³-hybridized carbons (Fsp3) is 0.0476. The third kappa shape index (κ3) is 4.61.